The Bertz CT molecular complexity index is 993. The summed E-state index contributed by atoms with van der Waals surface area (Å²) in [7, 11) is 4.47. The average molecular weight is 511 g/mol. The lowest BCUT2D eigenvalue weighted by molar-refractivity contribution is -0.142. The first-order valence-corrected chi connectivity index (χ1v) is 10.4. The number of benzene rings is 2. The van der Waals surface area contributed by atoms with Crippen molar-refractivity contribution in [2.24, 2.45) is 0 Å². The average Bonchev–Trinajstić information content (AvgIpc) is 2.78. The van der Waals surface area contributed by atoms with Crippen LogP contribution in [-0.2, 0) is 19.3 Å². The number of aromatic nitrogens is 1. The molecule has 2 aromatic carbocycles. The van der Waals surface area contributed by atoms with Crippen LogP contribution in [0, 0.1) is 0 Å². The van der Waals surface area contributed by atoms with Gasteiger partial charge in [-0.05, 0) is 57.4 Å². The highest BCUT2D eigenvalue weighted by Gasteiger charge is 2.36. The van der Waals surface area contributed by atoms with Crippen molar-refractivity contribution in [1.82, 2.24) is 4.98 Å². The summed E-state index contributed by atoms with van der Waals surface area (Å²) >= 11 is 3.03. The molecule has 0 fully saturated rings. The van der Waals surface area contributed by atoms with E-state index in [1.54, 1.807) is 14.2 Å². The molecule has 0 aliphatic rings. The van der Waals surface area contributed by atoms with Crippen LogP contribution in [0.25, 0.3) is 0 Å². The van der Waals surface area contributed by atoms with Gasteiger partial charge in [-0.1, -0.05) is 24.3 Å². The quantitative estimate of drug-likeness (QED) is 0.366. The number of ether oxygens (including phenoxy) is 3. The van der Waals surface area contributed by atoms with Crippen LogP contribution in [-0.4, -0.2) is 26.3 Å². The van der Waals surface area contributed by atoms with Gasteiger partial charge in [-0.15, -0.1) is 0 Å². The van der Waals surface area contributed by atoms with Crippen molar-refractivity contribution in [3.05, 3.63) is 75.9 Å². The molecule has 5 nitrogen and oxygen atoms in total. The second-order valence-corrected chi connectivity index (χ2v) is 7.75. The number of rotatable bonds is 8. The molecule has 1 heterocycles. The molecule has 0 radical (unpaired) electrons. The van der Waals surface area contributed by atoms with Gasteiger partial charge in [-0.2, -0.15) is 13.2 Å². The summed E-state index contributed by atoms with van der Waals surface area (Å²) in [6.45, 7) is 0.817. The van der Waals surface area contributed by atoms with Crippen LogP contribution in [0.4, 0.5) is 18.9 Å². The van der Waals surface area contributed by atoms with E-state index in [4.69, 9.17) is 14.2 Å². The summed E-state index contributed by atoms with van der Waals surface area (Å²) in [6, 6.07) is 16.3. The fourth-order valence-electron chi connectivity index (χ4n) is 3.17. The first-order chi connectivity index (χ1) is 15.2. The summed E-state index contributed by atoms with van der Waals surface area (Å²) in [6.07, 6.45) is -4.61. The van der Waals surface area contributed by atoms with Crippen molar-refractivity contribution < 1.29 is 27.4 Å². The summed E-state index contributed by atoms with van der Waals surface area (Å²) in [4.78, 5) is 5.65. The van der Waals surface area contributed by atoms with E-state index in [9.17, 15) is 13.2 Å². The molecule has 0 spiro atoms. The van der Waals surface area contributed by atoms with Gasteiger partial charge in [-0.25, -0.2) is 4.98 Å². The van der Waals surface area contributed by atoms with Crippen molar-refractivity contribution in [3.8, 4) is 17.4 Å². The summed E-state index contributed by atoms with van der Waals surface area (Å²) in [5, 5.41) is 0. The largest absolute Gasteiger partial charge is 0.497 e. The third-order valence-electron chi connectivity index (χ3n) is 4.79. The minimum atomic E-state index is -4.61. The summed E-state index contributed by atoms with van der Waals surface area (Å²) < 4.78 is 55.6. The van der Waals surface area contributed by atoms with Crippen LogP contribution in [0.5, 0.6) is 17.4 Å². The maximum Gasteiger partial charge on any atom is 0.434 e. The Morgan fingerprint density at radius 2 is 1.28 bits per heavy atom. The number of halogens is 4. The molecular formula is C23H22BrF3N2O3. The Morgan fingerprint density at radius 3 is 1.66 bits per heavy atom. The van der Waals surface area contributed by atoms with Crippen LogP contribution < -0.4 is 19.1 Å². The highest BCUT2D eigenvalue weighted by Crippen LogP contribution is 2.40. The molecule has 1 aromatic heterocycles. The van der Waals surface area contributed by atoms with Gasteiger partial charge in [0.2, 0.25) is 5.88 Å². The van der Waals surface area contributed by atoms with Gasteiger partial charge in [0.25, 0.3) is 0 Å². The van der Waals surface area contributed by atoms with E-state index >= 15 is 0 Å². The Labute approximate surface area is 192 Å². The second kappa shape index (κ2) is 10.1. The van der Waals surface area contributed by atoms with Crippen LogP contribution >= 0.6 is 15.9 Å². The monoisotopic (exact) mass is 510 g/mol. The third kappa shape index (κ3) is 5.64. The van der Waals surface area contributed by atoms with E-state index in [0.717, 1.165) is 11.1 Å². The van der Waals surface area contributed by atoms with Crippen molar-refractivity contribution in [1.29, 1.82) is 0 Å². The molecule has 0 atom stereocenters. The van der Waals surface area contributed by atoms with Crippen molar-refractivity contribution in [3.63, 3.8) is 0 Å². The number of hydrogen-bond acceptors (Lipinski definition) is 5. The van der Waals surface area contributed by atoms with Crippen molar-refractivity contribution >= 4 is 21.6 Å². The Kier molecular flexibility index (Phi) is 7.50. The minimum absolute atomic E-state index is 0.109. The van der Waals surface area contributed by atoms with Gasteiger partial charge < -0.3 is 19.1 Å². The molecule has 0 aliphatic carbocycles. The fourth-order valence-corrected chi connectivity index (χ4v) is 3.70. The molecule has 0 saturated carbocycles. The molecule has 0 amide bonds. The second-order valence-electron chi connectivity index (χ2n) is 6.90. The Hall–Kier alpha value is -2.94. The van der Waals surface area contributed by atoms with Gasteiger partial charge in [0.1, 0.15) is 17.2 Å². The van der Waals surface area contributed by atoms with E-state index in [2.05, 4.69) is 20.9 Å². The van der Waals surface area contributed by atoms with E-state index in [-0.39, 0.29) is 10.4 Å². The predicted molar refractivity (Wildman–Crippen MR) is 119 cm³/mol. The smallest absolute Gasteiger partial charge is 0.434 e. The number of anilines is 1. The van der Waals surface area contributed by atoms with E-state index in [1.165, 1.54) is 13.2 Å². The van der Waals surface area contributed by atoms with E-state index in [0.29, 0.717) is 30.3 Å². The lowest BCUT2D eigenvalue weighted by Crippen LogP contribution is -2.24. The zero-order chi connectivity index (χ0) is 23.3. The lowest BCUT2D eigenvalue weighted by Gasteiger charge is -2.27. The first-order valence-electron chi connectivity index (χ1n) is 9.57. The normalized spacial score (nSPS) is 11.2. The first kappa shape index (κ1) is 23.7. The number of methoxy groups -OCH3 is 3. The van der Waals surface area contributed by atoms with Crippen molar-refractivity contribution in [2.45, 2.75) is 19.3 Å². The number of nitrogens with zero attached hydrogens (tertiary/aromatic N) is 2. The van der Waals surface area contributed by atoms with E-state index in [1.807, 2.05) is 53.4 Å². The van der Waals surface area contributed by atoms with Crippen LogP contribution in [0.3, 0.4) is 0 Å². The molecule has 0 unspecified atom stereocenters. The third-order valence-corrected chi connectivity index (χ3v) is 5.39. The van der Waals surface area contributed by atoms with Gasteiger partial charge in [0.15, 0.2) is 5.69 Å². The number of hydrogen-bond donors (Lipinski definition) is 0. The molecule has 0 N–H and O–H groups in total. The molecule has 0 bridgehead atoms. The SMILES string of the molecule is COc1ccc(CN(Cc2ccc(OC)cc2)c2cc(Br)c(C(F)(F)F)nc2OC)cc1. The standard InChI is InChI=1S/C23H22BrF3N2O3/c1-30-17-8-4-15(5-9-17)13-29(14-16-6-10-18(31-2)11-7-16)20-12-19(24)21(23(25,26)27)28-22(20)32-3/h4-12H,13-14H2,1-3H3. The highest BCUT2D eigenvalue weighted by molar-refractivity contribution is 9.10. The van der Waals surface area contributed by atoms with Crippen LogP contribution in [0.15, 0.2) is 59.1 Å². The lowest BCUT2D eigenvalue weighted by atomic mass is 10.1. The molecular weight excluding hydrogens is 489 g/mol. The molecule has 3 aromatic rings. The molecule has 32 heavy (non-hydrogen) atoms. The number of alkyl halides is 3. The minimum Gasteiger partial charge on any atom is -0.497 e. The van der Waals surface area contributed by atoms with E-state index < -0.39 is 11.9 Å². The molecule has 9 heteroatoms. The molecule has 0 aliphatic heterocycles. The van der Waals surface area contributed by atoms with Crippen molar-refractivity contribution in [2.75, 3.05) is 26.2 Å². The topological polar surface area (TPSA) is 43.8 Å². The maximum absolute atomic E-state index is 13.3. The van der Waals surface area contributed by atoms with Gasteiger partial charge in [-0.3, -0.25) is 0 Å². The van der Waals surface area contributed by atoms with Crippen LogP contribution in [0.2, 0.25) is 0 Å². The predicted octanol–water partition coefficient (Wildman–Crippen LogP) is 6.10. The number of pyridine rings is 1. The van der Waals surface area contributed by atoms with Gasteiger partial charge in [0.05, 0.1) is 25.8 Å². The fraction of sp³-hybridized carbons (Fsp3) is 0.261. The van der Waals surface area contributed by atoms with Gasteiger partial charge >= 0.3 is 6.18 Å². The maximum atomic E-state index is 13.3. The molecule has 3 rings (SSSR count). The van der Waals surface area contributed by atoms with Gasteiger partial charge in [0, 0.05) is 13.1 Å². The Morgan fingerprint density at radius 1 is 0.812 bits per heavy atom. The zero-order valence-electron chi connectivity index (χ0n) is 17.7. The molecule has 0 saturated heterocycles. The molecule has 170 valence electrons. The van der Waals surface area contributed by atoms with Crippen LogP contribution in [0.1, 0.15) is 16.8 Å². The highest BCUT2D eigenvalue weighted by atomic mass is 79.9. The Balaban J connectivity index is 2.02. The summed E-state index contributed by atoms with van der Waals surface area (Å²) in [5.74, 6) is 1.32. The summed E-state index contributed by atoms with van der Waals surface area (Å²) in [5.41, 5.74) is 1.28. The zero-order valence-corrected chi connectivity index (χ0v) is 19.3.